The van der Waals surface area contributed by atoms with Crippen LogP contribution in [0.15, 0.2) is 11.6 Å². The van der Waals surface area contributed by atoms with Gasteiger partial charge in [-0.3, -0.25) is 4.21 Å². The fourth-order valence-corrected chi connectivity index (χ4v) is 1.15. The van der Waals surface area contributed by atoms with E-state index in [-0.39, 0.29) is 10.3 Å². The van der Waals surface area contributed by atoms with Gasteiger partial charge in [0.15, 0.2) is 0 Å². The lowest BCUT2D eigenvalue weighted by molar-refractivity contribution is 0.491. The molecule has 0 aromatic rings. The lowest BCUT2D eigenvalue weighted by Gasteiger charge is -2.19. The average Bonchev–Trinajstić information content (AvgIpc) is 1.82. The lowest BCUT2D eigenvalue weighted by atomic mass is 10.1. The molecule has 0 saturated carbocycles. The predicted molar refractivity (Wildman–Crippen MR) is 59.9 cm³/mol. The normalized spacial score (nSPS) is 16.2. The number of hydrogen-bond acceptors (Lipinski definition) is 2. The summed E-state index contributed by atoms with van der Waals surface area (Å²) >= 11 is 0. The molecule has 0 rings (SSSR count). The number of nitrogens with one attached hydrogen (secondary N) is 1. The highest BCUT2D eigenvalue weighted by atomic mass is 32.2. The Morgan fingerprint density at radius 3 is 1.85 bits per heavy atom. The molecule has 0 saturated heterocycles. The monoisotopic (exact) mass is 203 g/mol. The van der Waals surface area contributed by atoms with Gasteiger partial charge in [0.1, 0.15) is 0 Å². The van der Waals surface area contributed by atoms with Crippen molar-refractivity contribution >= 4 is 10.8 Å². The first kappa shape index (κ1) is 12.7. The van der Waals surface area contributed by atoms with E-state index in [1.54, 1.807) is 11.6 Å². The van der Waals surface area contributed by atoms with Crippen molar-refractivity contribution < 1.29 is 4.21 Å². The van der Waals surface area contributed by atoms with Crippen molar-refractivity contribution in [1.82, 2.24) is 5.32 Å². The molecule has 0 fully saturated rings. The van der Waals surface area contributed by atoms with E-state index in [0.29, 0.717) is 0 Å². The zero-order valence-corrected chi connectivity index (χ0v) is 10.3. The van der Waals surface area contributed by atoms with Crippen molar-refractivity contribution in [2.45, 2.75) is 51.8 Å². The summed E-state index contributed by atoms with van der Waals surface area (Å²) in [6.45, 7) is 12.1. The molecule has 0 heterocycles. The van der Waals surface area contributed by atoms with E-state index < -0.39 is 10.8 Å². The zero-order chi connectivity index (χ0) is 10.7. The van der Waals surface area contributed by atoms with Gasteiger partial charge in [0.2, 0.25) is 0 Å². The Morgan fingerprint density at radius 1 is 1.08 bits per heavy atom. The molecule has 0 aromatic heterocycles. The van der Waals surface area contributed by atoms with Gasteiger partial charge in [-0.05, 0) is 41.5 Å². The van der Waals surface area contributed by atoms with Gasteiger partial charge in [-0.2, -0.15) is 0 Å². The molecule has 0 aliphatic rings. The largest absolute Gasteiger partial charge is 0.386 e. The summed E-state index contributed by atoms with van der Waals surface area (Å²) in [7, 11) is -0.915. The van der Waals surface area contributed by atoms with Crippen LogP contribution in [0.3, 0.4) is 0 Å². The van der Waals surface area contributed by atoms with E-state index in [4.69, 9.17) is 0 Å². The molecule has 2 nitrogen and oxygen atoms in total. The fourth-order valence-electron chi connectivity index (χ4n) is 0.550. The summed E-state index contributed by atoms with van der Waals surface area (Å²) in [4.78, 5) is 0. The number of rotatable bonds is 2. The van der Waals surface area contributed by atoms with Crippen LogP contribution in [0.5, 0.6) is 0 Å². The molecule has 0 aliphatic carbocycles. The fraction of sp³-hybridized carbons (Fsp3) is 0.800. The minimum atomic E-state index is -0.915. The zero-order valence-electron chi connectivity index (χ0n) is 9.47. The van der Waals surface area contributed by atoms with Crippen molar-refractivity contribution in [3.05, 3.63) is 11.6 Å². The summed E-state index contributed by atoms with van der Waals surface area (Å²) in [6.07, 6.45) is 1.78. The molecule has 3 heteroatoms. The van der Waals surface area contributed by atoms with E-state index in [1.807, 2.05) is 20.8 Å². The molecule has 1 N–H and O–H groups in total. The topological polar surface area (TPSA) is 29.1 Å². The third-order valence-corrected chi connectivity index (χ3v) is 2.90. The van der Waals surface area contributed by atoms with Gasteiger partial charge < -0.3 is 5.32 Å². The summed E-state index contributed by atoms with van der Waals surface area (Å²) in [6, 6.07) is 0. The Bertz CT molecular complexity index is 208. The van der Waals surface area contributed by atoms with Crippen LogP contribution in [0.4, 0.5) is 0 Å². The van der Waals surface area contributed by atoms with Crippen LogP contribution in [-0.2, 0) is 10.8 Å². The molecular weight excluding hydrogens is 182 g/mol. The summed E-state index contributed by atoms with van der Waals surface area (Å²) < 4.78 is 11.4. The summed E-state index contributed by atoms with van der Waals surface area (Å²) in [5.74, 6) is 0. The molecule has 0 amide bonds. The molecule has 0 bridgehead atoms. The Kier molecular flexibility index (Phi) is 4.17. The number of hydrogen-bond donors (Lipinski definition) is 1. The third-order valence-electron chi connectivity index (χ3n) is 1.31. The second-order valence-corrected chi connectivity index (χ2v) is 7.20. The van der Waals surface area contributed by atoms with E-state index in [1.165, 1.54) is 0 Å². The molecule has 0 spiro atoms. The highest BCUT2D eigenvalue weighted by molar-refractivity contribution is 7.89. The third kappa shape index (κ3) is 6.82. The van der Waals surface area contributed by atoms with Gasteiger partial charge >= 0.3 is 0 Å². The van der Waals surface area contributed by atoms with Crippen molar-refractivity contribution in [3.63, 3.8) is 0 Å². The summed E-state index contributed by atoms with van der Waals surface area (Å²) in [5.41, 5.74) is 0.0403. The van der Waals surface area contributed by atoms with Crippen LogP contribution < -0.4 is 5.32 Å². The molecule has 1 unspecified atom stereocenters. The predicted octanol–water partition coefficient (Wildman–Crippen LogP) is 2.39. The standard InChI is InChI=1S/C10H21NOS/c1-9(2,3)11-7-8-13(12)10(4,5)6/h7-8,11H,1-6H3/b8-7+. The van der Waals surface area contributed by atoms with E-state index in [2.05, 4.69) is 26.1 Å². The smallest absolute Gasteiger partial charge is 0.0524 e. The van der Waals surface area contributed by atoms with Gasteiger partial charge in [0, 0.05) is 21.9 Å². The average molecular weight is 203 g/mol. The van der Waals surface area contributed by atoms with Gasteiger partial charge in [-0.25, -0.2) is 0 Å². The second kappa shape index (κ2) is 4.27. The molecule has 78 valence electrons. The van der Waals surface area contributed by atoms with Gasteiger partial charge in [-0.15, -0.1) is 0 Å². The molecule has 0 radical (unpaired) electrons. The Labute approximate surface area is 84.3 Å². The molecule has 13 heavy (non-hydrogen) atoms. The van der Waals surface area contributed by atoms with Crippen LogP contribution in [0, 0.1) is 0 Å². The SMILES string of the molecule is CC(C)(C)N/C=C/S(=O)C(C)(C)C. The van der Waals surface area contributed by atoms with Crippen LogP contribution in [0.25, 0.3) is 0 Å². The molecule has 1 atom stereocenters. The highest BCUT2D eigenvalue weighted by Crippen LogP contribution is 2.11. The maximum atomic E-state index is 11.5. The second-order valence-electron chi connectivity index (χ2n) is 5.11. The van der Waals surface area contributed by atoms with Crippen LogP contribution >= 0.6 is 0 Å². The Balaban J connectivity index is 4.09. The first-order valence-corrected chi connectivity index (χ1v) is 5.69. The van der Waals surface area contributed by atoms with Crippen LogP contribution in [0.2, 0.25) is 0 Å². The van der Waals surface area contributed by atoms with Crippen LogP contribution in [0.1, 0.15) is 41.5 Å². The van der Waals surface area contributed by atoms with E-state index in [0.717, 1.165) is 0 Å². The summed E-state index contributed by atoms with van der Waals surface area (Å²) in [5, 5.41) is 4.86. The first-order chi connectivity index (χ1) is 5.63. The lowest BCUT2D eigenvalue weighted by Crippen LogP contribution is -2.31. The quantitative estimate of drug-likeness (QED) is 0.746. The van der Waals surface area contributed by atoms with Crippen molar-refractivity contribution in [2.75, 3.05) is 0 Å². The van der Waals surface area contributed by atoms with Gasteiger partial charge in [0.25, 0.3) is 0 Å². The van der Waals surface area contributed by atoms with Crippen molar-refractivity contribution in [3.8, 4) is 0 Å². The van der Waals surface area contributed by atoms with Crippen molar-refractivity contribution in [1.29, 1.82) is 0 Å². The minimum Gasteiger partial charge on any atom is -0.386 e. The van der Waals surface area contributed by atoms with Gasteiger partial charge in [0.05, 0.1) is 10.8 Å². The minimum absolute atomic E-state index is 0.0403. The maximum absolute atomic E-state index is 11.5. The highest BCUT2D eigenvalue weighted by Gasteiger charge is 2.16. The van der Waals surface area contributed by atoms with E-state index in [9.17, 15) is 4.21 Å². The van der Waals surface area contributed by atoms with Crippen molar-refractivity contribution in [2.24, 2.45) is 0 Å². The van der Waals surface area contributed by atoms with Gasteiger partial charge in [-0.1, -0.05) is 0 Å². The Morgan fingerprint density at radius 2 is 1.54 bits per heavy atom. The first-order valence-electron chi connectivity index (χ1n) is 4.48. The maximum Gasteiger partial charge on any atom is 0.0524 e. The molecular formula is C10H21NOS. The van der Waals surface area contributed by atoms with E-state index >= 15 is 0 Å². The molecule has 0 aliphatic heterocycles. The Hall–Kier alpha value is -0.310. The molecule has 0 aromatic carbocycles. The van der Waals surface area contributed by atoms with Crippen LogP contribution in [-0.4, -0.2) is 14.5 Å².